The number of Topliss-reactive ketones (excluding diaryl/α,β-unsaturated/α-hetero) is 1. The van der Waals surface area contributed by atoms with Gasteiger partial charge >= 0.3 is 6.03 Å². The fourth-order valence-corrected chi connectivity index (χ4v) is 12.8. The largest absolute Gasteiger partial charge is 0.346 e. The molecule has 2 heterocycles. The van der Waals surface area contributed by atoms with E-state index in [0.717, 1.165) is 70.6 Å². The molecule has 290 valence electrons. The Hall–Kier alpha value is -2.96. The summed E-state index contributed by atoms with van der Waals surface area (Å²) in [5.74, 6) is -1.68. The van der Waals surface area contributed by atoms with Crippen LogP contribution < -0.4 is 21.3 Å². The van der Waals surface area contributed by atoms with Crippen LogP contribution in [-0.2, 0) is 29.0 Å². The summed E-state index contributed by atoms with van der Waals surface area (Å²) in [5.41, 5.74) is -1.63. The minimum Gasteiger partial charge on any atom is -0.346 e. The standard InChI is InChI=1S/C39H61N5O7S/c1-5-22-40-34(47)31(45)27(17-16-25-14-15-25)41-33(46)30-29-26(37(29,2)3)24-44(30)35(48)32(38(4)18-8-6-9-19-38)42-36(49)43-39(20-10-7-11-21-39)28-13-12-23-52(28,50)51/h5,25-30,32H,1,6-24H2,2-4H3,(H,40,47)(H,41,46)(H2,42,43,49)/t26-,27?,28?,29-,30-,32+/m0/s1. The molecular formula is C39H61N5O7S. The number of rotatable bonds is 14. The van der Waals surface area contributed by atoms with Crippen LogP contribution >= 0.6 is 0 Å². The molecule has 6 atom stereocenters. The summed E-state index contributed by atoms with van der Waals surface area (Å²) in [6.45, 7) is 10.3. The molecule has 0 radical (unpaired) electrons. The van der Waals surface area contributed by atoms with Crippen LogP contribution in [0.1, 0.15) is 124 Å². The van der Waals surface area contributed by atoms with Crippen molar-refractivity contribution in [3.8, 4) is 0 Å². The minimum absolute atomic E-state index is 0.0791. The van der Waals surface area contributed by atoms with Gasteiger partial charge in [0.05, 0.1) is 22.6 Å². The number of nitrogens with zero attached hydrogens (tertiary/aromatic N) is 1. The summed E-state index contributed by atoms with van der Waals surface area (Å²) in [4.78, 5) is 71.1. The summed E-state index contributed by atoms with van der Waals surface area (Å²) in [5, 5.41) is 11.1. The van der Waals surface area contributed by atoms with Gasteiger partial charge in [0.25, 0.3) is 5.91 Å². The second kappa shape index (κ2) is 15.1. The quantitative estimate of drug-likeness (QED) is 0.154. The topological polar surface area (TPSA) is 171 Å². The van der Waals surface area contributed by atoms with Crippen LogP contribution in [0.15, 0.2) is 12.7 Å². The predicted molar refractivity (Wildman–Crippen MR) is 198 cm³/mol. The van der Waals surface area contributed by atoms with Crippen LogP contribution in [0.2, 0.25) is 0 Å². The molecule has 0 aromatic rings. The van der Waals surface area contributed by atoms with Crippen molar-refractivity contribution in [1.29, 1.82) is 0 Å². The third-order valence-corrected chi connectivity index (χ3v) is 16.3. The molecule has 6 fully saturated rings. The van der Waals surface area contributed by atoms with Gasteiger partial charge in [0.2, 0.25) is 17.6 Å². The van der Waals surface area contributed by atoms with Gasteiger partial charge in [-0.2, -0.15) is 0 Å². The van der Waals surface area contributed by atoms with Crippen LogP contribution in [0.5, 0.6) is 0 Å². The van der Waals surface area contributed by atoms with Gasteiger partial charge in [-0.25, -0.2) is 13.2 Å². The molecule has 6 aliphatic rings. The third-order valence-electron chi connectivity index (χ3n) is 13.9. The minimum atomic E-state index is -3.36. The zero-order chi connectivity index (χ0) is 37.5. The molecule has 52 heavy (non-hydrogen) atoms. The van der Waals surface area contributed by atoms with E-state index in [4.69, 9.17) is 0 Å². The van der Waals surface area contributed by atoms with Gasteiger partial charge in [-0.3, -0.25) is 19.2 Å². The van der Waals surface area contributed by atoms with Crippen LogP contribution in [0, 0.1) is 28.6 Å². The zero-order valence-corrected chi connectivity index (χ0v) is 32.3. The summed E-state index contributed by atoms with van der Waals surface area (Å²) in [7, 11) is -3.36. The van der Waals surface area contributed by atoms with E-state index in [-0.39, 0.29) is 35.5 Å². The SMILES string of the molecule is C=CCNC(=O)C(=O)C(CCC1CC1)NC(=O)[C@@H]1[C@@H]2[C@H](CN1C(=O)[C@@H](NC(=O)NC1(C3CCCS3(=O)=O)CCCCC1)C1(C)CCCCC1)C2(C)C. The third kappa shape index (κ3) is 7.80. The van der Waals surface area contributed by atoms with Crippen molar-refractivity contribution in [1.82, 2.24) is 26.2 Å². The molecule has 6 rings (SSSR count). The smallest absolute Gasteiger partial charge is 0.315 e. The normalized spacial score (nSPS) is 30.6. The number of nitrogens with one attached hydrogen (secondary N) is 4. The van der Waals surface area contributed by atoms with Crippen molar-refractivity contribution in [2.24, 2.45) is 28.6 Å². The molecular weight excluding hydrogens is 683 g/mol. The molecule has 2 aliphatic heterocycles. The summed E-state index contributed by atoms with van der Waals surface area (Å²) in [6, 6.07) is -3.32. The van der Waals surface area contributed by atoms with Gasteiger partial charge in [-0.15, -0.1) is 6.58 Å². The van der Waals surface area contributed by atoms with E-state index in [1.807, 2.05) is 6.92 Å². The molecule has 4 N–H and O–H groups in total. The Bertz CT molecular complexity index is 1530. The van der Waals surface area contributed by atoms with Crippen LogP contribution in [-0.4, -0.2) is 90.6 Å². The Morgan fingerprint density at radius 3 is 2.13 bits per heavy atom. The van der Waals surface area contributed by atoms with Crippen LogP contribution in [0.4, 0.5) is 4.79 Å². The van der Waals surface area contributed by atoms with E-state index in [9.17, 15) is 32.4 Å². The second-order valence-electron chi connectivity index (χ2n) is 17.8. The molecule has 4 saturated carbocycles. The molecule has 2 saturated heterocycles. The van der Waals surface area contributed by atoms with Crippen molar-refractivity contribution >= 4 is 39.4 Å². The maximum absolute atomic E-state index is 14.9. The van der Waals surface area contributed by atoms with Crippen LogP contribution in [0.3, 0.4) is 0 Å². The van der Waals surface area contributed by atoms with Gasteiger partial charge in [0.1, 0.15) is 12.1 Å². The lowest BCUT2D eigenvalue weighted by Crippen LogP contribution is -2.66. The highest BCUT2D eigenvalue weighted by Gasteiger charge is 2.70. The highest BCUT2D eigenvalue weighted by molar-refractivity contribution is 7.92. The number of likely N-dealkylation sites (tertiary alicyclic amines) is 1. The monoisotopic (exact) mass is 743 g/mol. The molecule has 4 aliphatic carbocycles. The molecule has 0 spiro atoms. The fraction of sp³-hybridized carbons (Fsp3) is 0.821. The number of hydrogen-bond acceptors (Lipinski definition) is 7. The Labute approximate surface area is 309 Å². The number of carbonyl (C=O) groups is 5. The highest BCUT2D eigenvalue weighted by atomic mass is 32.2. The molecule has 0 aromatic carbocycles. The lowest BCUT2D eigenvalue weighted by atomic mass is 9.70. The number of amides is 5. The van der Waals surface area contributed by atoms with Crippen molar-refractivity contribution in [2.75, 3.05) is 18.8 Å². The van der Waals surface area contributed by atoms with E-state index in [0.29, 0.717) is 44.6 Å². The number of fused-ring (bicyclic) bond motifs is 1. The van der Waals surface area contributed by atoms with Gasteiger partial charge < -0.3 is 26.2 Å². The van der Waals surface area contributed by atoms with Crippen molar-refractivity contribution in [2.45, 2.75) is 152 Å². The average molecular weight is 744 g/mol. The Morgan fingerprint density at radius 2 is 1.54 bits per heavy atom. The van der Waals surface area contributed by atoms with Gasteiger partial charge in [0, 0.05) is 13.1 Å². The van der Waals surface area contributed by atoms with E-state index in [1.54, 1.807) is 4.90 Å². The fourth-order valence-electron chi connectivity index (χ4n) is 10.4. The number of ketones is 1. The summed E-state index contributed by atoms with van der Waals surface area (Å²) >= 11 is 0. The molecule has 13 heteroatoms. The van der Waals surface area contributed by atoms with Gasteiger partial charge in [-0.05, 0) is 80.0 Å². The molecule has 0 bridgehead atoms. The molecule has 5 amide bonds. The first-order chi connectivity index (χ1) is 24.6. The predicted octanol–water partition coefficient (Wildman–Crippen LogP) is 3.93. The molecule has 2 unspecified atom stereocenters. The maximum atomic E-state index is 14.9. The lowest BCUT2D eigenvalue weighted by molar-refractivity contribution is -0.146. The molecule has 12 nitrogen and oxygen atoms in total. The number of sulfone groups is 1. The number of carbonyl (C=O) groups excluding carboxylic acids is 5. The first-order valence-electron chi connectivity index (χ1n) is 20.0. The van der Waals surface area contributed by atoms with Crippen LogP contribution in [0.25, 0.3) is 0 Å². The Kier molecular flexibility index (Phi) is 11.2. The first-order valence-corrected chi connectivity index (χ1v) is 21.7. The van der Waals surface area contributed by atoms with E-state index in [1.165, 1.54) is 6.08 Å². The Balaban J connectivity index is 1.24. The van der Waals surface area contributed by atoms with E-state index < -0.39 is 67.8 Å². The molecule has 0 aromatic heterocycles. The Morgan fingerprint density at radius 1 is 0.885 bits per heavy atom. The van der Waals surface area contributed by atoms with Crippen molar-refractivity contribution in [3.63, 3.8) is 0 Å². The number of hydrogen-bond donors (Lipinski definition) is 4. The summed E-state index contributed by atoms with van der Waals surface area (Å²) in [6.07, 6.45) is 13.9. The van der Waals surface area contributed by atoms with Crippen molar-refractivity contribution < 1.29 is 32.4 Å². The second-order valence-corrected chi connectivity index (χ2v) is 20.1. The number of urea groups is 1. The first kappa shape index (κ1) is 38.8. The van der Waals surface area contributed by atoms with E-state index >= 15 is 0 Å². The summed E-state index contributed by atoms with van der Waals surface area (Å²) < 4.78 is 26.4. The van der Waals surface area contributed by atoms with Gasteiger partial charge in [-0.1, -0.05) is 78.2 Å². The van der Waals surface area contributed by atoms with Crippen molar-refractivity contribution in [3.05, 3.63) is 12.7 Å². The number of piperidine rings is 1. The highest BCUT2D eigenvalue weighted by Crippen LogP contribution is 2.65. The maximum Gasteiger partial charge on any atom is 0.315 e. The zero-order valence-electron chi connectivity index (χ0n) is 31.5. The van der Waals surface area contributed by atoms with E-state index in [2.05, 4.69) is 41.7 Å². The average Bonchev–Trinajstić information content (AvgIpc) is 3.91. The van der Waals surface area contributed by atoms with Gasteiger partial charge in [0.15, 0.2) is 9.84 Å². The lowest BCUT2D eigenvalue weighted by Gasteiger charge is -2.45.